The Morgan fingerprint density at radius 1 is 1.47 bits per heavy atom. The number of hydrogen-bond acceptors (Lipinski definition) is 2. The summed E-state index contributed by atoms with van der Waals surface area (Å²) in [6, 6.07) is 10.1. The minimum absolute atomic E-state index is 0.0882. The van der Waals surface area contributed by atoms with Gasteiger partial charge in [-0.3, -0.25) is 4.79 Å². The summed E-state index contributed by atoms with van der Waals surface area (Å²) in [5, 5.41) is 0.160. The van der Waals surface area contributed by atoms with Gasteiger partial charge >= 0.3 is 0 Å². The predicted molar refractivity (Wildman–Crippen MR) is 66.9 cm³/mol. The quantitative estimate of drug-likeness (QED) is 0.615. The Morgan fingerprint density at radius 2 is 2.13 bits per heavy atom. The SMILES string of the molecule is CC(Br)N1C(=O)CSC1c1ccccc1. The molecule has 0 spiro atoms. The van der Waals surface area contributed by atoms with Crippen LogP contribution in [0.25, 0.3) is 0 Å². The highest BCUT2D eigenvalue weighted by atomic mass is 79.9. The van der Waals surface area contributed by atoms with E-state index in [2.05, 4.69) is 28.1 Å². The van der Waals surface area contributed by atoms with Gasteiger partial charge in [0.15, 0.2) is 0 Å². The van der Waals surface area contributed by atoms with E-state index < -0.39 is 0 Å². The second-order valence-corrected chi connectivity index (χ2v) is 5.84. The van der Waals surface area contributed by atoms with E-state index >= 15 is 0 Å². The standard InChI is InChI=1S/C11H12BrNOS/c1-8(12)13-10(14)7-15-11(13)9-5-3-2-4-6-9/h2-6,8,11H,7H2,1H3. The molecule has 1 saturated heterocycles. The van der Waals surface area contributed by atoms with Gasteiger partial charge < -0.3 is 4.90 Å². The number of amides is 1. The molecule has 1 aliphatic heterocycles. The molecule has 1 aliphatic rings. The predicted octanol–water partition coefficient (Wildman–Crippen LogP) is 3.00. The third-order valence-corrected chi connectivity index (χ3v) is 4.04. The van der Waals surface area contributed by atoms with E-state index in [1.54, 1.807) is 11.8 Å². The maximum atomic E-state index is 11.7. The summed E-state index contributed by atoms with van der Waals surface area (Å²) >= 11 is 5.16. The first-order valence-electron chi connectivity index (χ1n) is 4.82. The van der Waals surface area contributed by atoms with Crippen LogP contribution in [0.4, 0.5) is 0 Å². The molecule has 2 nitrogen and oxygen atoms in total. The molecule has 2 rings (SSSR count). The molecule has 4 heteroatoms. The van der Waals surface area contributed by atoms with Gasteiger partial charge in [0.2, 0.25) is 5.91 Å². The van der Waals surface area contributed by atoms with Crippen LogP contribution >= 0.6 is 27.7 Å². The number of benzene rings is 1. The van der Waals surface area contributed by atoms with Crippen LogP contribution in [0.2, 0.25) is 0 Å². The number of thioether (sulfide) groups is 1. The summed E-state index contributed by atoms with van der Waals surface area (Å²) < 4.78 is 0. The fourth-order valence-electron chi connectivity index (χ4n) is 1.70. The van der Waals surface area contributed by atoms with E-state index in [1.807, 2.05) is 30.0 Å². The molecule has 1 aromatic rings. The normalized spacial score (nSPS) is 23.2. The van der Waals surface area contributed by atoms with Crippen LogP contribution < -0.4 is 0 Å². The van der Waals surface area contributed by atoms with Gasteiger partial charge in [-0.15, -0.1) is 11.8 Å². The second-order valence-electron chi connectivity index (χ2n) is 3.45. The van der Waals surface area contributed by atoms with Gasteiger partial charge in [-0.2, -0.15) is 0 Å². The molecule has 0 aliphatic carbocycles. The van der Waals surface area contributed by atoms with Gasteiger partial charge in [-0.1, -0.05) is 46.3 Å². The van der Waals surface area contributed by atoms with Gasteiger partial charge in [-0.25, -0.2) is 0 Å². The van der Waals surface area contributed by atoms with Gasteiger partial charge in [0, 0.05) is 0 Å². The molecule has 1 heterocycles. The summed E-state index contributed by atoms with van der Waals surface area (Å²) in [7, 11) is 0. The van der Waals surface area contributed by atoms with Crippen molar-refractivity contribution in [3.63, 3.8) is 0 Å². The van der Waals surface area contributed by atoms with Crippen molar-refractivity contribution < 1.29 is 4.79 Å². The highest BCUT2D eigenvalue weighted by Crippen LogP contribution is 2.40. The lowest BCUT2D eigenvalue weighted by molar-refractivity contribution is -0.128. The molecule has 80 valence electrons. The second kappa shape index (κ2) is 4.58. The third kappa shape index (κ3) is 2.21. The first kappa shape index (κ1) is 11.0. The van der Waals surface area contributed by atoms with Crippen LogP contribution in [-0.2, 0) is 4.79 Å². The van der Waals surface area contributed by atoms with Crippen molar-refractivity contribution in [2.75, 3.05) is 5.75 Å². The van der Waals surface area contributed by atoms with Gasteiger partial charge in [-0.05, 0) is 12.5 Å². The van der Waals surface area contributed by atoms with Crippen molar-refractivity contribution in [2.24, 2.45) is 0 Å². The van der Waals surface area contributed by atoms with E-state index in [9.17, 15) is 4.79 Å². The molecule has 0 aromatic heterocycles. The van der Waals surface area contributed by atoms with Gasteiger partial charge in [0.1, 0.15) is 5.37 Å². The summed E-state index contributed by atoms with van der Waals surface area (Å²) in [6.07, 6.45) is 0. The molecule has 0 bridgehead atoms. The number of halogens is 1. The average molecular weight is 286 g/mol. The van der Waals surface area contributed by atoms with E-state index in [0.717, 1.165) is 0 Å². The lowest BCUT2D eigenvalue weighted by Gasteiger charge is -2.26. The lowest BCUT2D eigenvalue weighted by atomic mass is 10.2. The molecule has 0 radical (unpaired) electrons. The van der Waals surface area contributed by atoms with E-state index in [1.165, 1.54) is 5.56 Å². The fourth-order valence-corrected chi connectivity index (χ4v) is 3.58. The molecule has 2 unspecified atom stereocenters. The van der Waals surface area contributed by atoms with Gasteiger partial charge in [0.05, 0.1) is 10.7 Å². The summed E-state index contributed by atoms with van der Waals surface area (Å²) in [5.41, 5.74) is 1.19. The molecular weight excluding hydrogens is 274 g/mol. The highest BCUT2D eigenvalue weighted by molar-refractivity contribution is 9.09. The highest BCUT2D eigenvalue weighted by Gasteiger charge is 2.34. The summed E-state index contributed by atoms with van der Waals surface area (Å²) in [4.78, 5) is 13.7. The topological polar surface area (TPSA) is 20.3 Å². The molecule has 15 heavy (non-hydrogen) atoms. The first-order valence-corrected chi connectivity index (χ1v) is 6.78. The van der Waals surface area contributed by atoms with Crippen LogP contribution in [0, 0.1) is 0 Å². The van der Waals surface area contributed by atoms with Crippen LogP contribution in [0.15, 0.2) is 30.3 Å². The molecule has 1 amide bonds. The van der Waals surface area contributed by atoms with Crippen molar-refractivity contribution in [1.29, 1.82) is 0 Å². The van der Waals surface area contributed by atoms with E-state index in [0.29, 0.717) is 5.75 Å². The summed E-state index contributed by atoms with van der Waals surface area (Å²) in [5.74, 6) is 0.786. The molecule has 1 fully saturated rings. The van der Waals surface area contributed by atoms with Crippen LogP contribution in [-0.4, -0.2) is 21.5 Å². The van der Waals surface area contributed by atoms with Crippen molar-refractivity contribution in [1.82, 2.24) is 4.90 Å². The maximum absolute atomic E-state index is 11.7. The average Bonchev–Trinajstić information content (AvgIpc) is 2.61. The van der Waals surface area contributed by atoms with Crippen LogP contribution in [0.3, 0.4) is 0 Å². The molecule has 2 atom stereocenters. The number of rotatable bonds is 2. The van der Waals surface area contributed by atoms with Crippen molar-refractivity contribution in [3.05, 3.63) is 35.9 Å². The lowest BCUT2D eigenvalue weighted by Crippen LogP contribution is -2.32. The van der Waals surface area contributed by atoms with Gasteiger partial charge in [0.25, 0.3) is 0 Å². The van der Waals surface area contributed by atoms with Crippen molar-refractivity contribution >= 4 is 33.6 Å². The Morgan fingerprint density at radius 3 is 2.73 bits per heavy atom. The number of alkyl halides is 1. The molecule has 1 aromatic carbocycles. The minimum Gasteiger partial charge on any atom is -0.313 e. The Hall–Kier alpha value is -0.480. The number of hydrogen-bond donors (Lipinski definition) is 0. The zero-order valence-corrected chi connectivity index (χ0v) is 10.8. The van der Waals surface area contributed by atoms with Crippen LogP contribution in [0.1, 0.15) is 17.9 Å². The monoisotopic (exact) mass is 285 g/mol. The Balaban J connectivity index is 2.26. The molecule has 0 saturated carbocycles. The summed E-state index contributed by atoms with van der Waals surface area (Å²) in [6.45, 7) is 1.99. The number of carbonyl (C=O) groups excluding carboxylic acids is 1. The minimum atomic E-state index is 0.0882. The first-order chi connectivity index (χ1) is 7.20. The number of nitrogens with zero attached hydrogens (tertiary/aromatic N) is 1. The Kier molecular flexibility index (Phi) is 3.36. The van der Waals surface area contributed by atoms with E-state index in [-0.39, 0.29) is 16.2 Å². The third-order valence-electron chi connectivity index (χ3n) is 2.37. The molecule has 0 N–H and O–H groups in total. The van der Waals surface area contributed by atoms with E-state index in [4.69, 9.17) is 0 Å². The van der Waals surface area contributed by atoms with Crippen molar-refractivity contribution in [3.8, 4) is 0 Å². The largest absolute Gasteiger partial charge is 0.313 e. The molecular formula is C11H12BrNOS. The number of carbonyl (C=O) groups is 1. The fraction of sp³-hybridized carbons (Fsp3) is 0.364. The zero-order chi connectivity index (χ0) is 10.8. The van der Waals surface area contributed by atoms with Crippen LogP contribution in [0.5, 0.6) is 0 Å². The Bertz CT molecular complexity index is 355. The van der Waals surface area contributed by atoms with Crippen molar-refractivity contribution in [2.45, 2.75) is 17.2 Å². The maximum Gasteiger partial charge on any atom is 0.234 e. The smallest absolute Gasteiger partial charge is 0.234 e. The zero-order valence-electron chi connectivity index (χ0n) is 8.39. The Labute approximate surface area is 102 Å².